The van der Waals surface area contributed by atoms with Gasteiger partial charge in [0.05, 0.1) is 6.61 Å². The highest BCUT2D eigenvalue weighted by atomic mass is 16.5. The van der Waals surface area contributed by atoms with E-state index in [-0.39, 0.29) is 17.6 Å². The standard InChI is InChI=1S/C14H20N2O4/c1-9-8-11(4-5-12(9)17)14(19)16-10(2)13(18)15-6-7-20-3/h4-5,8,10,17H,6-7H2,1-3H3,(H,15,18)(H,16,19). The van der Waals surface area contributed by atoms with Crippen LogP contribution in [0.2, 0.25) is 0 Å². The van der Waals surface area contributed by atoms with E-state index in [0.29, 0.717) is 24.3 Å². The number of carbonyl (C=O) groups excluding carboxylic acids is 2. The average Bonchev–Trinajstić information content (AvgIpc) is 2.41. The minimum Gasteiger partial charge on any atom is -0.508 e. The fraction of sp³-hybridized carbons (Fsp3) is 0.429. The highest BCUT2D eigenvalue weighted by Crippen LogP contribution is 2.16. The lowest BCUT2D eigenvalue weighted by Crippen LogP contribution is -2.45. The lowest BCUT2D eigenvalue weighted by atomic mass is 10.1. The molecule has 0 bridgehead atoms. The van der Waals surface area contributed by atoms with Crippen LogP contribution in [-0.4, -0.2) is 43.2 Å². The molecule has 6 heteroatoms. The number of amides is 2. The van der Waals surface area contributed by atoms with Crippen molar-refractivity contribution in [3.8, 4) is 5.75 Å². The Balaban J connectivity index is 2.56. The Labute approximate surface area is 118 Å². The second-order valence-electron chi connectivity index (χ2n) is 4.48. The van der Waals surface area contributed by atoms with Crippen molar-refractivity contribution in [1.82, 2.24) is 10.6 Å². The number of benzene rings is 1. The molecule has 1 aromatic carbocycles. The fourth-order valence-electron chi connectivity index (χ4n) is 1.57. The van der Waals surface area contributed by atoms with Crippen LogP contribution in [0.15, 0.2) is 18.2 Å². The first-order valence-electron chi connectivity index (χ1n) is 6.33. The van der Waals surface area contributed by atoms with E-state index in [1.807, 2.05) is 0 Å². The predicted molar refractivity (Wildman–Crippen MR) is 74.7 cm³/mol. The molecule has 0 spiro atoms. The molecule has 1 aromatic rings. The van der Waals surface area contributed by atoms with Gasteiger partial charge in [0.25, 0.3) is 5.91 Å². The number of aromatic hydroxyl groups is 1. The van der Waals surface area contributed by atoms with Gasteiger partial charge in [0.1, 0.15) is 11.8 Å². The Kier molecular flexibility index (Phi) is 5.99. The summed E-state index contributed by atoms with van der Waals surface area (Å²) in [6.07, 6.45) is 0. The number of hydrogen-bond donors (Lipinski definition) is 3. The Morgan fingerprint density at radius 1 is 1.40 bits per heavy atom. The summed E-state index contributed by atoms with van der Waals surface area (Å²) in [5.41, 5.74) is 1.01. The summed E-state index contributed by atoms with van der Waals surface area (Å²) in [6, 6.07) is 3.88. The van der Waals surface area contributed by atoms with E-state index in [1.165, 1.54) is 12.1 Å². The molecule has 0 saturated carbocycles. The summed E-state index contributed by atoms with van der Waals surface area (Å²) < 4.78 is 4.82. The molecule has 2 amide bonds. The summed E-state index contributed by atoms with van der Waals surface area (Å²) in [7, 11) is 1.55. The minimum absolute atomic E-state index is 0.131. The van der Waals surface area contributed by atoms with E-state index in [4.69, 9.17) is 4.74 Å². The Morgan fingerprint density at radius 3 is 2.70 bits per heavy atom. The Hall–Kier alpha value is -2.08. The topological polar surface area (TPSA) is 87.7 Å². The maximum atomic E-state index is 12.0. The third-order valence-corrected chi connectivity index (χ3v) is 2.81. The summed E-state index contributed by atoms with van der Waals surface area (Å²) in [5, 5.41) is 14.6. The normalized spacial score (nSPS) is 11.8. The molecule has 1 unspecified atom stereocenters. The second kappa shape index (κ2) is 7.49. The van der Waals surface area contributed by atoms with Gasteiger partial charge in [-0.2, -0.15) is 0 Å². The number of aryl methyl sites for hydroxylation is 1. The van der Waals surface area contributed by atoms with Crippen molar-refractivity contribution in [3.05, 3.63) is 29.3 Å². The Bertz CT molecular complexity index is 488. The molecule has 0 heterocycles. The monoisotopic (exact) mass is 280 g/mol. The van der Waals surface area contributed by atoms with Gasteiger partial charge in [-0.15, -0.1) is 0 Å². The number of phenolic OH excluding ortho intramolecular Hbond substituents is 1. The average molecular weight is 280 g/mol. The van der Waals surface area contributed by atoms with Crippen LogP contribution in [0.1, 0.15) is 22.8 Å². The zero-order valence-corrected chi connectivity index (χ0v) is 11.9. The molecule has 20 heavy (non-hydrogen) atoms. The van der Waals surface area contributed by atoms with E-state index in [9.17, 15) is 14.7 Å². The fourth-order valence-corrected chi connectivity index (χ4v) is 1.57. The van der Waals surface area contributed by atoms with Crippen molar-refractivity contribution in [2.24, 2.45) is 0 Å². The first-order chi connectivity index (χ1) is 9.45. The SMILES string of the molecule is COCCNC(=O)C(C)NC(=O)c1ccc(O)c(C)c1. The van der Waals surface area contributed by atoms with Crippen molar-refractivity contribution in [1.29, 1.82) is 0 Å². The molecular weight excluding hydrogens is 260 g/mol. The van der Waals surface area contributed by atoms with Crippen LogP contribution in [-0.2, 0) is 9.53 Å². The summed E-state index contributed by atoms with van der Waals surface area (Å²) >= 11 is 0. The molecule has 1 atom stereocenters. The van der Waals surface area contributed by atoms with Gasteiger partial charge in [0.2, 0.25) is 5.91 Å². The molecule has 6 nitrogen and oxygen atoms in total. The van der Waals surface area contributed by atoms with Gasteiger partial charge in [-0.25, -0.2) is 0 Å². The zero-order valence-electron chi connectivity index (χ0n) is 11.9. The van der Waals surface area contributed by atoms with E-state index in [2.05, 4.69) is 10.6 Å². The first-order valence-corrected chi connectivity index (χ1v) is 6.33. The van der Waals surface area contributed by atoms with Gasteiger partial charge < -0.3 is 20.5 Å². The van der Waals surface area contributed by atoms with Crippen LogP contribution in [0.25, 0.3) is 0 Å². The number of carbonyl (C=O) groups is 2. The van der Waals surface area contributed by atoms with E-state index >= 15 is 0 Å². The van der Waals surface area contributed by atoms with Crippen molar-refractivity contribution in [3.63, 3.8) is 0 Å². The molecule has 1 rings (SSSR count). The summed E-state index contributed by atoms with van der Waals surface area (Å²) in [4.78, 5) is 23.6. The maximum Gasteiger partial charge on any atom is 0.251 e. The molecular formula is C14H20N2O4. The number of phenols is 1. The third kappa shape index (κ3) is 4.55. The molecule has 0 saturated heterocycles. The smallest absolute Gasteiger partial charge is 0.251 e. The molecule has 0 aliphatic rings. The molecule has 110 valence electrons. The predicted octanol–water partition coefficient (Wildman–Crippen LogP) is 0.582. The third-order valence-electron chi connectivity index (χ3n) is 2.81. The molecule has 0 aliphatic heterocycles. The van der Waals surface area contributed by atoms with Gasteiger partial charge in [-0.1, -0.05) is 0 Å². The number of ether oxygens (including phenoxy) is 1. The quantitative estimate of drug-likeness (QED) is 0.665. The van der Waals surface area contributed by atoms with E-state index in [1.54, 1.807) is 27.0 Å². The summed E-state index contributed by atoms with van der Waals surface area (Å²) in [5.74, 6) is -0.500. The van der Waals surface area contributed by atoms with Gasteiger partial charge in [0, 0.05) is 19.2 Å². The van der Waals surface area contributed by atoms with Crippen LogP contribution in [0.3, 0.4) is 0 Å². The number of methoxy groups -OCH3 is 1. The summed E-state index contributed by atoms with van der Waals surface area (Å²) in [6.45, 7) is 4.12. The highest BCUT2D eigenvalue weighted by molar-refractivity contribution is 5.97. The van der Waals surface area contributed by atoms with E-state index in [0.717, 1.165) is 0 Å². The first kappa shape index (κ1) is 16.0. The molecule has 0 fully saturated rings. The van der Waals surface area contributed by atoms with Gasteiger partial charge in [0.15, 0.2) is 0 Å². The molecule has 0 aliphatic carbocycles. The number of hydrogen-bond acceptors (Lipinski definition) is 4. The highest BCUT2D eigenvalue weighted by Gasteiger charge is 2.16. The molecule has 3 N–H and O–H groups in total. The molecule has 0 aromatic heterocycles. The minimum atomic E-state index is -0.645. The van der Waals surface area contributed by atoms with Crippen molar-refractivity contribution >= 4 is 11.8 Å². The van der Waals surface area contributed by atoms with Crippen molar-refractivity contribution in [2.45, 2.75) is 19.9 Å². The van der Waals surface area contributed by atoms with Crippen LogP contribution in [0.5, 0.6) is 5.75 Å². The number of rotatable bonds is 6. The van der Waals surface area contributed by atoms with Crippen LogP contribution < -0.4 is 10.6 Å². The van der Waals surface area contributed by atoms with Gasteiger partial charge >= 0.3 is 0 Å². The van der Waals surface area contributed by atoms with Gasteiger partial charge in [-0.3, -0.25) is 9.59 Å². The van der Waals surface area contributed by atoms with Gasteiger partial charge in [-0.05, 0) is 37.6 Å². The van der Waals surface area contributed by atoms with Crippen molar-refractivity contribution < 1.29 is 19.4 Å². The van der Waals surface area contributed by atoms with Crippen molar-refractivity contribution in [2.75, 3.05) is 20.3 Å². The Morgan fingerprint density at radius 2 is 2.10 bits per heavy atom. The lowest BCUT2D eigenvalue weighted by molar-refractivity contribution is -0.122. The van der Waals surface area contributed by atoms with Crippen LogP contribution in [0, 0.1) is 6.92 Å². The molecule has 0 radical (unpaired) electrons. The van der Waals surface area contributed by atoms with E-state index < -0.39 is 6.04 Å². The lowest BCUT2D eigenvalue weighted by Gasteiger charge is -2.14. The second-order valence-corrected chi connectivity index (χ2v) is 4.48. The number of nitrogens with one attached hydrogen (secondary N) is 2. The van der Waals surface area contributed by atoms with Crippen LogP contribution in [0.4, 0.5) is 0 Å². The zero-order chi connectivity index (χ0) is 15.1. The maximum absolute atomic E-state index is 12.0. The largest absolute Gasteiger partial charge is 0.508 e. The van der Waals surface area contributed by atoms with Crippen LogP contribution >= 0.6 is 0 Å².